The van der Waals surface area contributed by atoms with Gasteiger partial charge in [-0.2, -0.15) is 0 Å². The zero-order valence-electron chi connectivity index (χ0n) is 7.00. The number of hydrogen-bond donors (Lipinski definition) is 1. The molecule has 5 heteroatoms. The van der Waals surface area contributed by atoms with E-state index in [-0.39, 0.29) is 15.7 Å². The van der Waals surface area contributed by atoms with Gasteiger partial charge in [-0.1, -0.05) is 41.4 Å². The molecule has 3 nitrogen and oxygen atoms in total. The van der Waals surface area contributed by atoms with E-state index in [0.717, 1.165) is 5.69 Å². The minimum absolute atomic E-state index is 0.00974. The van der Waals surface area contributed by atoms with Gasteiger partial charge in [-0.15, -0.1) is 0 Å². The van der Waals surface area contributed by atoms with Crippen molar-refractivity contribution < 1.29 is 0 Å². The Morgan fingerprint density at radius 3 is 2.29 bits per heavy atom. The fourth-order valence-electron chi connectivity index (χ4n) is 1.15. The Balaban J connectivity index is 2.64. The molecule has 0 aliphatic carbocycles. The molecule has 1 N–H and O–H groups in total. The maximum absolute atomic E-state index is 11.1. The molecule has 0 radical (unpaired) electrons. The molecular weight excluding hydrogens is 223 g/mol. The summed E-state index contributed by atoms with van der Waals surface area (Å²) >= 11 is 11.5. The molecule has 0 saturated heterocycles. The Morgan fingerprint density at radius 1 is 1.14 bits per heavy atom. The van der Waals surface area contributed by atoms with Crippen molar-refractivity contribution in [2.24, 2.45) is 0 Å². The van der Waals surface area contributed by atoms with Crippen molar-refractivity contribution in [3.8, 4) is 5.69 Å². The van der Waals surface area contributed by atoms with Crippen LogP contribution in [0.25, 0.3) is 5.69 Å². The average Bonchev–Trinajstić information content (AvgIpc) is 2.47. The maximum Gasteiger partial charge on any atom is 0.284 e. The molecule has 2 rings (SSSR count). The van der Waals surface area contributed by atoms with Crippen LogP contribution >= 0.6 is 23.2 Å². The fourth-order valence-corrected chi connectivity index (χ4v) is 1.50. The molecule has 72 valence electrons. The Bertz CT molecular complexity index is 501. The first-order valence-corrected chi connectivity index (χ1v) is 4.67. The molecular formula is C9H6Cl2N2O. The molecule has 14 heavy (non-hydrogen) atoms. The molecule has 0 aliphatic heterocycles. The SMILES string of the molecule is O=c1[nH]n(-c2ccccc2)c(Cl)c1Cl. The lowest BCUT2D eigenvalue weighted by atomic mass is 10.3. The summed E-state index contributed by atoms with van der Waals surface area (Å²) in [7, 11) is 0. The lowest BCUT2D eigenvalue weighted by molar-refractivity contribution is 0.865. The van der Waals surface area contributed by atoms with Gasteiger partial charge in [0, 0.05) is 0 Å². The highest BCUT2D eigenvalue weighted by atomic mass is 35.5. The summed E-state index contributed by atoms with van der Waals surface area (Å²) < 4.78 is 1.44. The Morgan fingerprint density at radius 2 is 1.79 bits per heavy atom. The van der Waals surface area contributed by atoms with Crippen LogP contribution in [0.15, 0.2) is 35.1 Å². The van der Waals surface area contributed by atoms with Crippen LogP contribution in [0.1, 0.15) is 0 Å². The third-order valence-corrected chi connectivity index (χ3v) is 2.61. The van der Waals surface area contributed by atoms with Gasteiger partial charge in [0.1, 0.15) is 5.02 Å². The predicted octanol–water partition coefficient (Wildman–Crippen LogP) is 2.47. The lowest BCUT2D eigenvalue weighted by Gasteiger charge is -2.02. The summed E-state index contributed by atoms with van der Waals surface area (Å²) in [4.78, 5) is 11.1. The third kappa shape index (κ3) is 1.45. The maximum atomic E-state index is 11.1. The number of nitrogens with zero attached hydrogens (tertiary/aromatic N) is 1. The van der Waals surface area contributed by atoms with Crippen molar-refractivity contribution in [3.05, 3.63) is 50.9 Å². The highest BCUT2D eigenvalue weighted by Gasteiger charge is 2.10. The number of aromatic nitrogens is 2. The molecule has 1 heterocycles. The normalized spacial score (nSPS) is 10.4. The lowest BCUT2D eigenvalue weighted by Crippen LogP contribution is -2.03. The number of hydrogen-bond acceptors (Lipinski definition) is 1. The Labute approximate surface area is 89.9 Å². The number of H-pyrrole nitrogens is 1. The fraction of sp³-hybridized carbons (Fsp3) is 0. The van der Waals surface area contributed by atoms with Crippen LogP contribution in [0.3, 0.4) is 0 Å². The molecule has 0 unspecified atom stereocenters. The quantitative estimate of drug-likeness (QED) is 0.801. The topological polar surface area (TPSA) is 37.8 Å². The van der Waals surface area contributed by atoms with Crippen molar-refractivity contribution in [2.75, 3.05) is 0 Å². The van der Waals surface area contributed by atoms with E-state index in [4.69, 9.17) is 23.2 Å². The van der Waals surface area contributed by atoms with Crippen molar-refractivity contribution in [3.63, 3.8) is 0 Å². The first kappa shape index (κ1) is 9.37. The van der Waals surface area contributed by atoms with Crippen LogP contribution < -0.4 is 5.56 Å². The van der Waals surface area contributed by atoms with Crippen LogP contribution in [0.4, 0.5) is 0 Å². The van der Waals surface area contributed by atoms with Crippen LogP contribution in [0.2, 0.25) is 10.2 Å². The van der Waals surface area contributed by atoms with Gasteiger partial charge in [0.15, 0.2) is 5.15 Å². The van der Waals surface area contributed by atoms with E-state index in [1.165, 1.54) is 4.68 Å². The van der Waals surface area contributed by atoms with Crippen molar-refractivity contribution in [1.29, 1.82) is 0 Å². The van der Waals surface area contributed by atoms with E-state index in [1.807, 2.05) is 30.3 Å². The van der Waals surface area contributed by atoms with E-state index in [0.29, 0.717) is 0 Å². The first-order chi connectivity index (χ1) is 6.70. The second-order valence-corrected chi connectivity index (χ2v) is 3.45. The van der Waals surface area contributed by atoms with E-state index in [2.05, 4.69) is 5.10 Å². The Hall–Kier alpha value is -1.19. The first-order valence-electron chi connectivity index (χ1n) is 3.91. The molecule has 0 bridgehead atoms. The van der Waals surface area contributed by atoms with Gasteiger partial charge in [-0.05, 0) is 12.1 Å². The van der Waals surface area contributed by atoms with Crippen LogP contribution in [0.5, 0.6) is 0 Å². The zero-order valence-corrected chi connectivity index (χ0v) is 8.51. The van der Waals surface area contributed by atoms with E-state index in [1.54, 1.807) is 0 Å². The van der Waals surface area contributed by atoms with E-state index < -0.39 is 0 Å². The average molecular weight is 229 g/mol. The van der Waals surface area contributed by atoms with Gasteiger partial charge < -0.3 is 0 Å². The number of nitrogens with one attached hydrogen (secondary N) is 1. The van der Waals surface area contributed by atoms with Crippen LogP contribution in [0, 0.1) is 0 Å². The molecule has 0 fully saturated rings. The predicted molar refractivity (Wildman–Crippen MR) is 56.4 cm³/mol. The molecule has 0 aliphatic rings. The largest absolute Gasteiger partial charge is 0.284 e. The van der Waals surface area contributed by atoms with E-state index in [9.17, 15) is 4.79 Å². The summed E-state index contributed by atoms with van der Waals surface area (Å²) in [5.74, 6) is 0. The summed E-state index contributed by atoms with van der Waals surface area (Å²) in [6.07, 6.45) is 0. The number of benzene rings is 1. The number of halogens is 2. The van der Waals surface area contributed by atoms with Gasteiger partial charge in [0.2, 0.25) is 0 Å². The monoisotopic (exact) mass is 228 g/mol. The van der Waals surface area contributed by atoms with Gasteiger partial charge in [0.05, 0.1) is 5.69 Å². The van der Waals surface area contributed by atoms with Crippen molar-refractivity contribution in [2.45, 2.75) is 0 Å². The summed E-state index contributed by atoms with van der Waals surface area (Å²) in [5, 5.41) is 2.73. The highest BCUT2D eigenvalue weighted by molar-refractivity contribution is 6.41. The smallest absolute Gasteiger partial charge is 0.266 e. The molecule has 2 aromatic rings. The third-order valence-electron chi connectivity index (χ3n) is 1.80. The molecule has 0 spiro atoms. The van der Waals surface area contributed by atoms with Gasteiger partial charge in [-0.3, -0.25) is 9.89 Å². The summed E-state index contributed by atoms with van der Waals surface area (Å²) in [6, 6.07) is 9.20. The molecule has 1 aromatic heterocycles. The highest BCUT2D eigenvalue weighted by Crippen LogP contribution is 2.20. The minimum atomic E-state index is -0.388. The minimum Gasteiger partial charge on any atom is -0.266 e. The molecule has 1 aromatic carbocycles. The van der Waals surface area contributed by atoms with Gasteiger partial charge in [0.25, 0.3) is 5.56 Å². The van der Waals surface area contributed by atoms with Gasteiger partial charge >= 0.3 is 0 Å². The second kappa shape index (κ2) is 3.52. The standard InChI is InChI=1S/C9H6Cl2N2O/c10-7-8(11)13(12-9(7)14)6-4-2-1-3-5-6/h1-5H,(H,12,14). The second-order valence-electron chi connectivity index (χ2n) is 2.72. The van der Waals surface area contributed by atoms with E-state index >= 15 is 0 Å². The summed E-state index contributed by atoms with van der Waals surface area (Å²) in [5.41, 5.74) is 0.377. The molecule has 0 atom stereocenters. The van der Waals surface area contributed by atoms with Crippen molar-refractivity contribution >= 4 is 23.2 Å². The molecule has 0 saturated carbocycles. The number of rotatable bonds is 1. The number of para-hydroxylation sites is 1. The zero-order chi connectivity index (χ0) is 10.1. The van der Waals surface area contributed by atoms with Crippen LogP contribution in [-0.4, -0.2) is 9.78 Å². The van der Waals surface area contributed by atoms with Crippen molar-refractivity contribution in [1.82, 2.24) is 9.78 Å². The number of aromatic amines is 1. The summed E-state index contributed by atoms with van der Waals surface area (Å²) in [6.45, 7) is 0. The molecule has 0 amide bonds. The van der Waals surface area contributed by atoms with Crippen LogP contribution in [-0.2, 0) is 0 Å². The van der Waals surface area contributed by atoms with Gasteiger partial charge in [-0.25, -0.2) is 4.68 Å². The Kier molecular flexibility index (Phi) is 2.35.